The van der Waals surface area contributed by atoms with Gasteiger partial charge >= 0.3 is 0 Å². The highest BCUT2D eigenvalue weighted by Crippen LogP contribution is 2.25. The molecule has 0 radical (unpaired) electrons. The van der Waals surface area contributed by atoms with Gasteiger partial charge in [0.25, 0.3) is 11.8 Å². The second-order valence-electron chi connectivity index (χ2n) is 7.34. The molecule has 4 rings (SSSR count). The maximum atomic E-state index is 13.0. The van der Waals surface area contributed by atoms with E-state index in [1.54, 1.807) is 42.5 Å². The lowest BCUT2D eigenvalue weighted by Gasteiger charge is -2.15. The van der Waals surface area contributed by atoms with E-state index in [0.29, 0.717) is 27.6 Å². The summed E-state index contributed by atoms with van der Waals surface area (Å²) in [7, 11) is 0. The Labute approximate surface area is 195 Å². The highest BCUT2D eigenvalue weighted by molar-refractivity contribution is 8.00. The lowest BCUT2D eigenvalue weighted by Crippen LogP contribution is -2.29. The Balaban J connectivity index is 1.40. The molecule has 1 aliphatic rings. The molecular weight excluding hydrogens is 442 g/mol. The van der Waals surface area contributed by atoms with Crippen LogP contribution in [0.2, 0.25) is 0 Å². The Bertz CT molecular complexity index is 1110. The van der Waals surface area contributed by atoms with Crippen LogP contribution in [0, 0.1) is 0 Å². The summed E-state index contributed by atoms with van der Waals surface area (Å²) in [6.07, 6.45) is 2.12. The van der Waals surface area contributed by atoms with E-state index in [0.717, 1.165) is 30.8 Å². The lowest BCUT2D eigenvalue weighted by atomic mass is 10.2. The Kier molecular flexibility index (Phi) is 7.24. The molecule has 1 aliphatic heterocycles. The molecular formula is C24H23N3O3S2. The van der Waals surface area contributed by atoms with E-state index in [2.05, 4.69) is 10.6 Å². The number of thioether (sulfide) groups is 1. The van der Waals surface area contributed by atoms with Gasteiger partial charge in [0.05, 0.1) is 16.2 Å². The van der Waals surface area contributed by atoms with E-state index >= 15 is 0 Å². The van der Waals surface area contributed by atoms with Gasteiger partial charge in [-0.05, 0) is 54.6 Å². The predicted octanol–water partition coefficient (Wildman–Crippen LogP) is 4.97. The van der Waals surface area contributed by atoms with Gasteiger partial charge in [0.15, 0.2) is 0 Å². The normalized spacial score (nSPS) is 13.1. The summed E-state index contributed by atoms with van der Waals surface area (Å²) in [6.45, 7) is 1.64. The summed E-state index contributed by atoms with van der Waals surface area (Å²) < 4.78 is 0. The van der Waals surface area contributed by atoms with Crippen molar-refractivity contribution in [3.63, 3.8) is 0 Å². The van der Waals surface area contributed by atoms with Crippen molar-refractivity contribution in [2.24, 2.45) is 0 Å². The van der Waals surface area contributed by atoms with E-state index in [1.807, 2.05) is 28.5 Å². The van der Waals surface area contributed by atoms with Gasteiger partial charge in [-0.1, -0.05) is 24.3 Å². The first kappa shape index (κ1) is 22.1. The largest absolute Gasteiger partial charge is 0.342 e. The van der Waals surface area contributed by atoms with Gasteiger partial charge in [-0.3, -0.25) is 14.4 Å². The van der Waals surface area contributed by atoms with Gasteiger partial charge in [0, 0.05) is 29.4 Å². The van der Waals surface area contributed by atoms with Crippen LogP contribution in [0.1, 0.15) is 32.9 Å². The predicted molar refractivity (Wildman–Crippen MR) is 130 cm³/mol. The maximum absolute atomic E-state index is 13.0. The number of hydrogen-bond acceptors (Lipinski definition) is 5. The Morgan fingerprint density at radius 2 is 1.59 bits per heavy atom. The molecule has 0 bridgehead atoms. The molecule has 2 heterocycles. The number of thiophene rings is 1. The van der Waals surface area contributed by atoms with Crippen molar-refractivity contribution < 1.29 is 14.4 Å². The number of anilines is 2. The monoisotopic (exact) mass is 465 g/mol. The van der Waals surface area contributed by atoms with Crippen LogP contribution in [-0.2, 0) is 4.79 Å². The van der Waals surface area contributed by atoms with Gasteiger partial charge in [-0.2, -0.15) is 0 Å². The molecule has 32 heavy (non-hydrogen) atoms. The second-order valence-corrected chi connectivity index (χ2v) is 9.30. The molecule has 3 amide bonds. The summed E-state index contributed by atoms with van der Waals surface area (Å²) in [5.41, 5.74) is 1.69. The number of amides is 3. The van der Waals surface area contributed by atoms with Crippen molar-refractivity contribution in [3.05, 3.63) is 76.5 Å². The fourth-order valence-electron chi connectivity index (χ4n) is 3.45. The molecule has 2 aromatic carbocycles. The van der Waals surface area contributed by atoms with Crippen molar-refractivity contribution >= 4 is 52.2 Å². The average Bonchev–Trinajstić information content (AvgIpc) is 3.52. The zero-order chi connectivity index (χ0) is 22.3. The van der Waals surface area contributed by atoms with E-state index in [-0.39, 0.29) is 17.7 Å². The number of hydrogen-bond donors (Lipinski definition) is 2. The van der Waals surface area contributed by atoms with Crippen LogP contribution >= 0.6 is 23.1 Å². The van der Waals surface area contributed by atoms with Gasteiger partial charge in [-0.25, -0.2) is 0 Å². The SMILES string of the molecule is O=C(Nc1cccc(NC(=O)c2ccccc2SCC(=O)N2CCCC2)c1)c1cccs1. The number of rotatable bonds is 7. The zero-order valence-electron chi connectivity index (χ0n) is 17.4. The first-order valence-corrected chi connectivity index (χ1v) is 12.2. The minimum absolute atomic E-state index is 0.108. The molecule has 0 unspecified atom stereocenters. The average molecular weight is 466 g/mol. The second kappa shape index (κ2) is 10.5. The Morgan fingerprint density at radius 1 is 0.875 bits per heavy atom. The van der Waals surface area contributed by atoms with Crippen molar-refractivity contribution in [3.8, 4) is 0 Å². The Hall–Kier alpha value is -3.10. The molecule has 0 aliphatic carbocycles. The van der Waals surface area contributed by atoms with E-state index in [4.69, 9.17) is 0 Å². The van der Waals surface area contributed by atoms with E-state index in [9.17, 15) is 14.4 Å². The van der Waals surface area contributed by atoms with Crippen LogP contribution < -0.4 is 10.6 Å². The molecule has 1 fully saturated rings. The van der Waals surface area contributed by atoms with Gasteiger partial charge in [0.2, 0.25) is 5.91 Å². The van der Waals surface area contributed by atoms with Gasteiger partial charge in [0.1, 0.15) is 0 Å². The van der Waals surface area contributed by atoms with Crippen LogP contribution in [0.4, 0.5) is 11.4 Å². The quantitative estimate of drug-likeness (QED) is 0.483. The van der Waals surface area contributed by atoms with E-state index < -0.39 is 0 Å². The number of carbonyl (C=O) groups excluding carboxylic acids is 3. The van der Waals surface area contributed by atoms with E-state index in [1.165, 1.54) is 23.1 Å². The van der Waals surface area contributed by atoms with Crippen LogP contribution in [-0.4, -0.2) is 41.5 Å². The van der Waals surface area contributed by atoms with Gasteiger partial charge in [-0.15, -0.1) is 23.1 Å². The summed E-state index contributed by atoms with van der Waals surface area (Å²) in [5, 5.41) is 7.58. The van der Waals surface area contributed by atoms with Gasteiger partial charge < -0.3 is 15.5 Å². The summed E-state index contributed by atoms with van der Waals surface area (Å²) >= 11 is 2.75. The lowest BCUT2D eigenvalue weighted by molar-refractivity contribution is -0.127. The molecule has 1 saturated heterocycles. The fraction of sp³-hybridized carbons (Fsp3) is 0.208. The van der Waals surface area contributed by atoms with Crippen molar-refractivity contribution in [2.75, 3.05) is 29.5 Å². The highest BCUT2D eigenvalue weighted by Gasteiger charge is 2.19. The standard InChI is InChI=1S/C24H23N3O3S2/c28-22(27-12-3-4-13-27)16-32-20-10-2-1-9-19(20)23(29)25-17-7-5-8-18(15-17)26-24(30)21-11-6-14-31-21/h1-2,5-11,14-15H,3-4,12-13,16H2,(H,25,29)(H,26,30). The highest BCUT2D eigenvalue weighted by atomic mass is 32.2. The first-order valence-electron chi connectivity index (χ1n) is 10.4. The van der Waals surface area contributed by atoms with Crippen LogP contribution in [0.5, 0.6) is 0 Å². The minimum atomic E-state index is -0.261. The summed E-state index contributed by atoms with van der Waals surface area (Å²) in [6, 6.07) is 17.9. The number of likely N-dealkylation sites (tertiary alicyclic amines) is 1. The fourth-order valence-corrected chi connectivity index (χ4v) is 5.02. The van der Waals surface area contributed by atoms with Crippen molar-refractivity contribution in [2.45, 2.75) is 17.7 Å². The number of benzene rings is 2. The van der Waals surface area contributed by atoms with Crippen LogP contribution in [0.15, 0.2) is 70.9 Å². The molecule has 0 saturated carbocycles. The third kappa shape index (κ3) is 5.57. The molecule has 3 aromatic rings. The third-order valence-electron chi connectivity index (χ3n) is 5.06. The number of carbonyl (C=O) groups is 3. The van der Waals surface area contributed by atoms with Crippen LogP contribution in [0.3, 0.4) is 0 Å². The summed E-state index contributed by atoms with van der Waals surface area (Å²) in [4.78, 5) is 40.9. The van der Waals surface area contributed by atoms with Crippen molar-refractivity contribution in [1.29, 1.82) is 0 Å². The molecule has 1 aromatic heterocycles. The first-order chi connectivity index (χ1) is 15.6. The molecule has 0 atom stereocenters. The third-order valence-corrected chi connectivity index (χ3v) is 6.99. The minimum Gasteiger partial charge on any atom is -0.342 e. The molecule has 6 nitrogen and oxygen atoms in total. The summed E-state index contributed by atoms with van der Waals surface area (Å²) in [5.74, 6) is -0.0256. The smallest absolute Gasteiger partial charge is 0.265 e. The number of nitrogens with one attached hydrogen (secondary N) is 2. The molecule has 164 valence electrons. The topological polar surface area (TPSA) is 78.5 Å². The number of nitrogens with zero attached hydrogens (tertiary/aromatic N) is 1. The molecule has 8 heteroatoms. The zero-order valence-corrected chi connectivity index (χ0v) is 19.0. The molecule has 0 spiro atoms. The maximum Gasteiger partial charge on any atom is 0.265 e. The molecule has 2 N–H and O–H groups in total. The Morgan fingerprint density at radius 3 is 2.31 bits per heavy atom. The van der Waals surface area contributed by atoms with Crippen LogP contribution in [0.25, 0.3) is 0 Å². The van der Waals surface area contributed by atoms with Crippen molar-refractivity contribution in [1.82, 2.24) is 4.90 Å².